The standard InChI is InChI=1S/C13H24N2O2S/c1-2-17-13(12(14)18)5-7-15(8-6-13)11-4-3-9-16-10-11/h11H,2-10H2,1H3,(H2,14,18). The molecule has 1 unspecified atom stereocenters. The Kier molecular flexibility index (Phi) is 4.95. The minimum absolute atomic E-state index is 0.365. The summed E-state index contributed by atoms with van der Waals surface area (Å²) >= 11 is 5.20. The van der Waals surface area contributed by atoms with Gasteiger partial charge in [0.25, 0.3) is 0 Å². The van der Waals surface area contributed by atoms with Gasteiger partial charge in [0.1, 0.15) is 10.6 Å². The first kappa shape index (κ1) is 14.2. The molecule has 2 N–H and O–H groups in total. The minimum Gasteiger partial charge on any atom is -0.391 e. The molecule has 104 valence electrons. The lowest BCUT2D eigenvalue weighted by molar-refractivity contribution is -0.0543. The highest BCUT2D eigenvalue weighted by Gasteiger charge is 2.39. The van der Waals surface area contributed by atoms with Gasteiger partial charge in [0, 0.05) is 32.3 Å². The zero-order valence-corrected chi connectivity index (χ0v) is 12.0. The Labute approximate surface area is 115 Å². The molecule has 2 rings (SSSR count). The summed E-state index contributed by atoms with van der Waals surface area (Å²) < 4.78 is 11.4. The van der Waals surface area contributed by atoms with Gasteiger partial charge in [-0.25, -0.2) is 0 Å². The Bertz CT molecular complexity index is 285. The van der Waals surface area contributed by atoms with E-state index in [1.54, 1.807) is 0 Å². The molecule has 2 saturated heterocycles. The summed E-state index contributed by atoms with van der Waals surface area (Å²) in [6, 6.07) is 0.574. The molecule has 0 aromatic heterocycles. The zero-order valence-electron chi connectivity index (χ0n) is 11.2. The average Bonchev–Trinajstić information content (AvgIpc) is 2.41. The third-order valence-electron chi connectivity index (χ3n) is 4.13. The lowest BCUT2D eigenvalue weighted by Gasteiger charge is -2.44. The monoisotopic (exact) mass is 272 g/mol. The zero-order chi connectivity index (χ0) is 13.0. The first-order valence-corrected chi connectivity index (χ1v) is 7.34. The van der Waals surface area contributed by atoms with E-state index in [2.05, 4.69) is 4.90 Å². The highest BCUT2D eigenvalue weighted by Crippen LogP contribution is 2.29. The Morgan fingerprint density at radius 1 is 1.50 bits per heavy atom. The van der Waals surface area contributed by atoms with Crippen LogP contribution in [0.25, 0.3) is 0 Å². The van der Waals surface area contributed by atoms with Gasteiger partial charge in [0.2, 0.25) is 0 Å². The summed E-state index contributed by atoms with van der Waals surface area (Å²) in [6.45, 7) is 6.47. The van der Waals surface area contributed by atoms with Gasteiger partial charge < -0.3 is 15.2 Å². The number of nitrogens with two attached hydrogens (primary N) is 1. The number of likely N-dealkylation sites (tertiary alicyclic amines) is 1. The number of ether oxygens (including phenoxy) is 2. The second-order valence-electron chi connectivity index (χ2n) is 5.20. The molecule has 2 aliphatic heterocycles. The molecule has 1 atom stereocenters. The van der Waals surface area contributed by atoms with Crippen LogP contribution in [0.2, 0.25) is 0 Å². The van der Waals surface area contributed by atoms with E-state index < -0.39 is 0 Å². The van der Waals surface area contributed by atoms with Crippen LogP contribution < -0.4 is 5.73 Å². The van der Waals surface area contributed by atoms with Crippen LogP contribution in [0.3, 0.4) is 0 Å². The number of nitrogens with zero attached hydrogens (tertiary/aromatic N) is 1. The second-order valence-corrected chi connectivity index (χ2v) is 5.64. The van der Waals surface area contributed by atoms with Crippen molar-refractivity contribution >= 4 is 17.2 Å². The number of rotatable bonds is 4. The lowest BCUT2D eigenvalue weighted by Crippen LogP contribution is -2.56. The molecule has 0 saturated carbocycles. The van der Waals surface area contributed by atoms with E-state index in [4.69, 9.17) is 27.4 Å². The van der Waals surface area contributed by atoms with E-state index in [9.17, 15) is 0 Å². The van der Waals surface area contributed by atoms with Crippen LogP contribution in [0, 0.1) is 0 Å². The van der Waals surface area contributed by atoms with Crippen molar-refractivity contribution in [2.24, 2.45) is 5.73 Å². The normalized spacial score (nSPS) is 29.1. The highest BCUT2D eigenvalue weighted by atomic mass is 32.1. The molecule has 4 nitrogen and oxygen atoms in total. The van der Waals surface area contributed by atoms with Crippen molar-refractivity contribution in [1.29, 1.82) is 0 Å². The molecule has 0 aromatic rings. The molecule has 0 aliphatic carbocycles. The van der Waals surface area contributed by atoms with Crippen molar-refractivity contribution in [3.8, 4) is 0 Å². The minimum atomic E-state index is -0.365. The third-order valence-corrected chi connectivity index (χ3v) is 4.50. The molecule has 0 spiro atoms. The summed E-state index contributed by atoms with van der Waals surface area (Å²) in [5, 5.41) is 0. The summed E-state index contributed by atoms with van der Waals surface area (Å²) in [5.41, 5.74) is 5.51. The second kappa shape index (κ2) is 6.28. The molecular weight excluding hydrogens is 248 g/mol. The summed E-state index contributed by atoms with van der Waals surface area (Å²) in [6.07, 6.45) is 4.24. The van der Waals surface area contributed by atoms with E-state index >= 15 is 0 Å². The maximum Gasteiger partial charge on any atom is 0.120 e. The van der Waals surface area contributed by atoms with Crippen molar-refractivity contribution in [3.63, 3.8) is 0 Å². The molecule has 5 heteroatoms. The fraction of sp³-hybridized carbons (Fsp3) is 0.923. The van der Waals surface area contributed by atoms with Gasteiger partial charge in [-0.15, -0.1) is 0 Å². The molecule has 0 aromatic carbocycles. The van der Waals surface area contributed by atoms with Gasteiger partial charge in [0.05, 0.1) is 6.61 Å². The lowest BCUT2D eigenvalue weighted by atomic mass is 9.89. The molecule has 18 heavy (non-hydrogen) atoms. The summed E-state index contributed by atoms with van der Waals surface area (Å²) in [5.74, 6) is 0. The molecular formula is C13H24N2O2S. The Balaban J connectivity index is 1.91. The first-order chi connectivity index (χ1) is 8.68. The van der Waals surface area contributed by atoms with Crippen LogP contribution in [0.5, 0.6) is 0 Å². The maximum atomic E-state index is 5.88. The van der Waals surface area contributed by atoms with Crippen LogP contribution in [-0.4, -0.2) is 54.4 Å². The smallest absolute Gasteiger partial charge is 0.120 e. The predicted molar refractivity (Wildman–Crippen MR) is 75.8 cm³/mol. The van der Waals surface area contributed by atoms with Crippen LogP contribution in [-0.2, 0) is 9.47 Å². The number of thiocarbonyl (C=S) groups is 1. The summed E-state index contributed by atoms with van der Waals surface area (Å²) in [4.78, 5) is 3.03. The van der Waals surface area contributed by atoms with Crippen molar-refractivity contribution in [3.05, 3.63) is 0 Å². The van der Waals surface area contributed by atoms with Gasteiger partial charge >= 0.3 is 0 Å². The first-order valence-electron chi connectivity index (χ1n) is 6.93. The highest BCUT2D eigenvalue weighted by molar-refractivity contribution is 7.80. The van der Waals surface area contributed by atoms with Crippen molar-refractivity contribution in [2.75, 3.05) is 32.9 Å². The fourth-order valence-corrected chi connectivity index (χ4v) is 3.26. The van der Waals surface area contributed by atoms with Gasteiger partial charge in [-0.05, 0) is 32.6 Å². The molecule has 0 radical (unpaired) electrons. The molecule has 2 aliphatic rings. The maximum absolute atomic E-state index is 5.88. The van der Waals surface area contributed by atoms with Crippen molar-refractivity contribution in [2.45, 2.75) is 44.2 Å². The van der Waals surface area contributed by atoms with Gasteiger partial charge in [-0.3, -0.25) is 4.90 Å². The third kappa shape index (κ3) is 3.02. The fourth-order valence-electron chi connectivity index (χ4n) is 3.00. The van der Waals surface area contributed by atoms with Gasteiger partial charge in [0.15, 0.2) is 0 Å². The van der Waals surface area contributed by atoms with Gasteiger partial charge in [-0.1, -0.05) is 12.2 Å². The predicted octanol–water partition coefficient (Wildman–Crippen LogP) is 1.32. The van der Waals surface area contributed by atoms with Crippen LogP contribution >= 0.6 is 12.2 Å². The summed E-state index contributed by atoms with van der Waals surface area (Å²) in [7, 11) is 0. The van der Waals surface area contributed by atoms with Crippen LogP contribution in [0.15, 0.2) is 0 Å². The van der Waals surface area contributed by atoms with E-state index in [1.165, 1.54) is 12.8 Å². The number of hydrogen-bond acceptors (Lipinski definition) is 4. The van der Waals surface area contributed by atoms with Crippen molar-refractivity contribution < 1.29 is 9.47 Å². The quantitative estimate of drug-likeness (QED) is 0.782. The molecule has 2 fully saturated rings. The molecule has 0 bridgehead atoms. The Morgan fingerprint density at radius 3 is 2.72 bits per heavy atom. The van der Waals surface area contributed by atoms with E-state index in [0.717, 1.165) is 39.1 Å². The largest absolute Gasteiger partial charge is 0.391 e. The number of piperidine rings is 1. The molecule has 0 amide bonds. The van der Waals surface area contributed by atoms with E-state index in [0.29, 0.717) is 17.6 Å². The van der Waals surface area contributed by atoms with Crippen LogP contribution in [0.4, 0.5) is 0 Å². The Morgan fingerprint density at radius 2 is 2.22 bits per heavy atom. The molecule has 2 heterocycles. The Hall–Kier alpha value is -0.230. The van der Waals surface area contributed by atoms with E-state index in [1.807, 2.05) is 6.92 Å². The van der Waals surface area contributed by atoms with E-state index in [-0.39, 0.29) is 5.60 Å². The SMILES string of the molecule is CCOC1(C(N)=S)CCN(C2CCCOC2)CC1. The van der Waals surface area contributed by atoms with Crippen molar-refractivity contribution in [1.82, 2.24) is 4.90 Å². The average molecular weight is 272 g/mol. The number of hydrogen-bond donors (Lipinski definition) is 1. The topological polar surface area (TPSA) is 47.7 Å². The van der Waals surface area contributed by atoms with Crippen LogP contribution in [0.1, 0.15) is 32.6 Å². The van der Waals surface area contributed by atoms with Gasteiger partial charge in [-0.2, -0.15) is 0 Å².